The third-order valence-corrected chi connectivity index (χ3v) is 4.15. The summed E-state index contributed by atoms with van der Waals surface area (Å²) < 4.78 is 26.1. The fourth-order valence-corrected chi connectivity index (χ4v) is 2.61. The van der Waals surface area contributed by atoms with Crippen LogP contribution in [0.5, 0.6) is 0 Å². The van der Waals surface area contributed by atoms with Crippen LogP contribution in [0.3, 0.4) is 0 Å². The van der Waals surface area contributed by atoms with E-state index in [9.17, 15) is 13.6 Å². The van der Waals surface area contributed by atoms with Gasteiger partial charge in [-0.05, 0) is 43.0 Å². The highest BCUT2D eigenvalue weighted by Gasteiger charge is 2.22. The quantitative estimate of drug-likeness (QED) is 0.936. The number of anilines is 2. The normalized spacial score (nSPS) is 15.4. The molecule has 0 bridgehead atoms. The molecule has 0 aliphatic carbocycles. The number of rotatable bonds is 3. The van der Waals surface area contributed by atoms with Gasteiger partial charge in [0.15, 0.2) is 23.1 Å². The zero-order chi connectivity index (χ0) is 17.1. The number of aromatic nitrogens is 2. The molecule has 2 aromatic rings. The van der Waals surface area contributed by atoms with Crippen LogP contribution in [0.25, 0.3) is 0 Å². The van der Waals surface area contributed by atoms with E-state index in [2.05, 4.69) is 22.4 Å². The van der Waals surface area contributed by atoms with Crippen molar-refractivity contribution in [3.8, 4) is 0 Å². The van der Waals surface area contributed by atoms with Gasteiger partial charge >= 0.3 is 0 Å². The Hall–Kier alpha value is -2.57. The van der Waals surface area contributed by atoms with E-state index in [-0.39, 0.29) is 11.6 Å². The first-order chi connectivity index (χ1) is 11.5. The molecule has 3 rings (SSSR count). The lowest BCUT2D eigenvalue weighted by molar-refractivity contribution is 0.0690. The van der Waals surface area contributed by atoms with Crippen LogP contribution in [-0.4, -0.2) is 34.1 Å². The number of hydrogen-bond donors (Lipinski definition) is 1. The van der Waals surface area contributed by atoms with Gasteiger partial charge in [0.05, 0.1) is 0 Å². The summed E-state index contributed by atoms with van der Waals surface area (Å²) in [6.45, 7) is 3.65. The summed E-state index contributed by atoms with van der Waals surface area (Å²) in [5.41, 5.74) is 0.632. The number of piperidine rings is 1. The van der Waals surface area contributed by atoms with E-state index in [1.54, 1.807) is 17.0 Å². The van der Waals surface area contributed by atoms with Crippen LogP contribution < -0.4 is 5.32 Å². The van der Waals surface area contributed by atoms with E-state index in [1.165, 1.54) is 6.07 Å². The molecule has 1 N–H and O–H groups in total. The number of hydrogen-bond acceptors (Lipinski definition) is 4. The SMILES string of the molecule is CC1CCN(C(=O)c2ccc(Nc3ccc(F)c(F)c3)nn2)CC1. The molecule has 2 heterocycles. The highest BCUT2D eigenvalue weighted by molar-refractivity contribution is 5.92. The van der Waals surface area contributed by atoms with Crippen LogP contribution in [0.4, 0.5) is 20.3 Å². The van der Waals surface area contributed by atoms with Gasteiger partial charge in [-0.2, -0.15) is 0 Å². The molecule has 1 aliphatic heterocycles. The molecule has 0 spiro atoms. The van der Waals surface area contributed by atoms with Crippen LogP contribution in [0.15, 0.2) is 30.3 Å². The number of carbonyl (C=O) groups excluding carboxylic acids is 1. The molecule has 0 atom stereocenters. The summed E-state index contributed by atoms with van der Waals surface area (Å²) in [5.74, 6) is -0.996. The smallest absolute Gasteiger partial charge is 0.274 e. The van der Waals surface area contributed by atoms with Crippen LogP contribution in [-0.2, 0) is 0 Å². The molecule has 7 heteroatoms. The number of nitrogens with zero attached hydrogens (tertiary/aromatic N) is 3. The van der Waals surface area contributed by atoms with E-state index >= 15 is 0 Å². The van der Waals surface area contributed by atoms with Crippen molar-refractivity contribution in [3.05, 3.63) is 47.7 Å². The molecule has 1 fully saturated rings. The maximum Gasteiger partial charge on any atom is 0.274 e. The van der Waals surface area contributed by atoms with Crippen LogP contribution in [0, 0.1) is 17.6 Å². The second kappa shape index (κ2) is 6.90. The first kappa shape index (κ1) is 16.3. The highest BCUT2D eigenvalue weighted by Crippen LogP contribution is 2.19. The van der Waals surface area contributed by atoms with E-state index in [4.69, 9.17) is 0 Å². The number of amides is 1. The first-order valence-electron chi connectivity index (χ1n) is 7.88. The molecule has 126 valence electrons. The third-order valence-electron chi connectivity index (χ3n) is 4.15. The zero-order valence-corrected chi connectivity index (χ0v) is 13.3. The predicted octanol–water partition coefficient (Wildman–Crippen LogP) is 3.37. The van der Waals surface area contributed by atoms with Crippen LogP contribution in [0.2, 0.25) is 0 Å². The Bertz CT molecular complexity index is 728. The summed E-state index contributed by atoms with van der Waals surface area (Å²) >= 11 is 0. The Morgan fingerprint density at radius 2 is 1.88 bits per heavy atom. The number of likely N-dealkylation sites (tertiary alicyclic amines) is 1. The van der Waals surface area contributed by atoms with Gasteiger partial charge in [0.25, 0.3) is 5.91 Å². The molecule has 1 amide bonds. The van der Waals surface area contributed by atoms with Gasteiger partial charge in [-0.3, -0.25) is 4.79 Å². The van der Waals surface area contributed by atoms with Crippen molar-refractivity contribution < 1.29 is 13.6 Å². The topological polar surface area (TPSA) is 58.1 Å². The molecule has 0 saturated carbocycles. The molecule has 0 unspecified atom stereocenters. The minimum Gasteiger partial charge on any atom is -0.339 e. The van der Waals surface area contributed by atoms with Crippen molar-refractivity contribution in [2.45, 2.75) is 19.8 Å². The van der Waals surface area contributed by atoms with Crippen molar-refractivity contribution in [1.29, 1.82) is 0 Å². The molecule has 1 saturated heterocycles. The average molecular weight is 332 g/mol. The van der Waals surface area contributed by atoms with Crippen molar-refractivity contribution >= 4 is 17.4 Å². The van der Waals surface area contributed by atoms with Gasteiger partial charge in [0.2, 0.25) is 0 Å². The summed E-state index contributed by atoms with van der Waals surface area (Å²) in [6, 6.07) is 6.63. The maximum absolute atomic E-state index is 13.2. The van der Waals surface area contributed by atoms with Crippen LogP contribution >= 0.6 is 0 Å². The fraction of sp³-hybridized carbons (Fsp3) is 0.353. The largest absolute Gasteiger partial charge is 0.339 e. The molecular formula is C17H18F2N4O. The van der Waals surface area contributed by atoms with Crippen molar-refractivity contribution in [2.24, 2.45) is 5.92 Å². The zero-order valence-electron chi connectivity index (χ0n) is 13.3. The first-order valence-corrected chi connectivity index (χ1v) is 7.88. The lowest BCUT2D eigenvalue weighted by atomic mass is 9.99. The lowest BCUT2D eigenvalue weighted by Crippen LogP contribution is -2.38. The molecule has 1 aromatic heterocycles. The maximum atomic E-state index is 13.2. The van der Waals surface area contributed by atoms with Crippen molar-refractivity contribution in [2.75, 3.05) is 18.4 Å². The highest BCUT2D eigenvalue weighted by atomic mass is 19.2. The summed E-state index contributed by atoms with van der Waals surface area (Å²) in [6.07, 6.45) is 1.99. The molecule has 24 heavy (non-hydrogen) atoms. The molecule has 5 nitrogen and oxygen atoms in total. The summed E-state index contributed by atoms with van der Waals surface area (Å²) in [7, 11) is 0. The predicted molar refractivity (Wildman–Crippen MR) is 86.0 cm³/mol. The van der Waals surface area contributed by atoms with E-state index in [1.807, 2.05) is 0 Å². The van der Waals surface area contributed by atoms with Gasteiger partial charge in [0, 0.05) is 24.8 Å². The third kappa shape index (κ3) is 3.67. The van der Waals surface area contributed by atoms with Gasteiger partial charge < -0.3 is 10.2 Å². The second-order valence-corrected chi connectivity index (χ2v) is 6.03. The number of halogens is 2. The van der Waals surface area contributed by atoms with E-state index < -0.39 is 11.6 Å². The second-order valence-electron chi connectivity index (χ2n) is 6.03. The lowest BCUT2D eigenvalue weighted by Gasteiger charge is -2.29. The Morgan fingerprint density at radius 3 is 2.50 bits per heavy atom. The minimum atomic E-state index is -0.945. The number of carbonyl (C=O) groups is 1. The average Bonchev–Trinajstić information content (AvgIpc) is 2.59. The number of benzene rings is 1. The van der Waals surface area contributed by atoms with Gasteiger partial charge in [0.1, 0.15) is 0 Å². The van der Waals surface area contributed by atoms with Gasteiger partial charge in [-0.25, -0.2) is 8.78 Å². The van der Waals surface area contributed by atoms with E-state index in [0.717, 1.165) is 38.1 Å². The van der Waals surface area contributed by atoms with Gasteiger partial charge in [-0.15, -0.1) is 10.2 Å². The minimum absolute atomic E-state index is 0.131. The monoisotopic (exact) mass is 332 g/mol. The summed E-state index contributed by atoms with van der Waals surface area (Å²) in [4.78, 5) is 14.2. The van der Waals surface area contributed by atoms with Crippen LogP contribution in [0.1, 0.15) is 30.3 Å². The summed E-state index contributed by atoms with van der Waals surface area (Å²) in [5, 5.41) is 10.7. The van der Waals surface area contributed by atoms with Crippen molar-refractivity contribution in [1.82, 2.24) is 15.1 Å². The molecule has 1 aliphatic rings. The Labute approximate surface area is 138 Å². The fourth-order valence-electron chi connectivity index (χ4n) is 2.61. The van der Waals surface area contributed by atoms with Crippen molar-refractivity contribution in [3.63, 3.8) is 0 Å². The Balaban J connectivity index is 1.66. The standard InChI is InChI=1S/C17H18F2N4O/c1-11-6-8-23(9-7-11)17(24)15-4-5-16(22-21-15)20-12-2-3-13(18)14(19)10-12/h2-5,10-11H,6-9H2,1H3,(H,20,22). The Morgan fingerprint density at radius 1 is 1.12 bits per heavy atom. The molecular weight excluding hydrogens is 314 g/mol. The van der Waals surface area contributed by atoms with E-state index in [0.29, 0.717) is 17.4 Å². The molecule has 1 aromatic carbocycles. The molecule has 0 radical (unpaired) electrons. The number of nitrogens with one attached hydrogen (secondary N) is 1. The Kier molecular flexibility index (Phi) is 4.69. The van der Waals surface area contributed by atoms with Gasteiger partial charge in [-0.1, -0.05) is 6.92 Å².